The average Bonchev–Trinajstić information content (AvgIpc) is 2.94. The molecule has 0 saturated carbocycles. The molecule has 2 saturated heterocycles. The number of hydrogen-bond donors (Lipinski definition) is 1. The van der Waals surface area contributed by atoms with Gasteiger partial charge in [-0.2, -0.15) is 13.2 Å². The van der Waals surface area contributed by atoms with E-state index in [1.54, 1.807) is 0 Å². The zero-order valence-electron chi connectivity index (χ0n) is 10.3. The zero-order valence-corrected chi connectivity index (χ0v) is 10.3. The lowest BCUT2D eigenvalue weighted by atomic mass is 10.2. The Hall–Kier alpha value is -1.83. The molecule has 2 fully saturated rings. The van der Waals surface area contributed by atoms with Crippen molar-refractivity contribution in [3.63, 3.8) is 0 Å². The zero-order chi connectivity index (χ0) is 14.5. The van der Waals surface area contributed by atoms with Crippen molar-refractivity contribution in [3.05, 3.63) is 23.9 Å². The van der Waals surface area contributed by atoms with E-state index < -0.39 is 24.0 Å². The standard InChI is InChI=1S/C12H12F3N3O2/c13-12(14,15)7-3-4-16-9(6-7)18-10(19)8-2-1-5-17(8)11(18)20/h3-4,6,8,10,19H,1-2,5H2/t8-,10?/m1/s1. The number of aromatic nitrogens is 1. The third-order valence-corrected chi connectivity index (χ3v) is 3.68. The second kappa shape index (κ2) is 4.34. The number of anilines is 1. The van der Waals surface area contributed by atoms with Crippen molar-refractivity contribution in [2.75, 3.05) is 11.4 Å². The van der Waals surface area contributed by atoms with Crippen molar-refractivity contribution >= 4 is 11.8 Å². The van der Waals surface area contributed by atoms with E-state index in [-0.39, 0.29) is 11.9 Å². The molecule has 0 radical (unpaired) electrons. The predicted molar refractivity (Wildman–Crippen MR) is 62.8 cm³/mol. The van der Waals surface area contributed by atoms with Crippen molar-refractivity contribution in [1.29, 1.82) is 0 Å². The molecule has 2 atom stereocenters. The largest absolute Gasteiger partial charge is 0.416 e. The van der Waals surface area contributed by atoms with Crippen molar-refractivity contribution in [1.82, 2.24) is 9.88 Å². The lowest BCUT2D eigenvalue weighted by molar-refractivity contribution is -0.137. The maximum Gasteiger partial charge on any atom is 0.416 e. The second-order valence-electron chi connectivity index (χ2n) is 4.87. The van der Waals surface area contributed by atoms with Gasteiger partial charge < -0.3 is 10.0 Å². The van der Waals surface area contributed by atoms with Gasteiger partial charge in [0.25, 0.3) is 0 Å². The molecule has 3 heterocycles. The normalized spacial score (nSPS) is 26.3. The number of carbonyl (C=O) groups excluding carboxylic acids is 1. The highest BCUT2D eigenvalue weighted by atomic mass is 19.4. The van der Waals surface area contributed by atoms with Gasteiger partial charge in [-0.15, -0.1) is 0 Å². The van der Waals surface area contributed by atoms with Crippen LogP contribution in [0.2, 0.25) is 0 Å². The first kappa shape index (κ1) is 13.2. The van der Waals surface area contributed by atoms with E-state index in [2.05, 4.69) is 4.98 Å². The van der Waals surface area contributed by atoms with Gasteiger partial charge in [0.05, 0.1) is 11.6 Å². The van der Waals surface area contributed by atoms with Gasteiger partial charge in [-0.05, 0) is 25.0 Å². The number of urea groups is 1. The number of alkyl halides is 3. The fraction of sp³-hybridized carbons (Fsp3) is 0.500. The summed E-state index contributed by atoms with van der Waals surface area (Å²) in [5, 5.41) is 10.1. The van der Waals surface area contributed by atoms with Crippen LogP contribution in [0, 0.1) is 0 Å². The molecule has 0 aromatic carbocycles. The van der Waals surface area contributed by atoms with Crippen LogP contribution in [-0.2, 0) is 6.18 Å². The molecule has 2 amide bonds. The molecule has 0 spiro atoms. The minimum absolute atomic E-state index is 0.174. The first-order valence-corrected chi connectivity index (χ1v) is 6.21. The van der Waals surface area contributed by atoms with Gasteiger partial charge in [-0.1, -0.05) is 0 Å². The van der Waals surface area contributed by atoms with E-state index in [9.17, 15) is 23.1 Å². The highest BCUT2D eigenvalue weighted by molar-refractivity contribution is 5.94. The number of rotatable bonds is 1. The van der Waals surface area contributed by atoms with Crippen LogP contribution in [0.15, 0.2) is 18.3 Å². The van der Waals surface area contributed by atoms with Crippen molar-refractivity contribution in [3.8, 4) is 0 Å². The third-order valence-electron chi connectivity index (χ3n) is 3.68. The van der Waals surface area contributed by atoms with Crippen LogP contribution in [0.25, 0.3) is 0 Å². The summed E-state index contributed by atoms with van der Waals surface area (Å²) in [4.78, 5) is 18.3. The van der Waals surface area contributed by atoms with Crippen LogP contribution in [0.5, 0.6) is 0 Å². The molecule has 0 bridgehead atoms. The Bertz CT molecular complexity index is 549. The second-order valence-corrected chi connectivity index (χ2v) is 4.87. The molecule has 3 rings (SSSR count). The molecule has 2 aliphatic heterocycles. The summed E-state index contributed by atoms with van der Waals surface area (Å²) in [7, 11) is 0. The van der Waals surface area contributed by atoms with Gasteiger partial charge in [0.15, 0.2) is 6.23 Å². The van der Waals surface area contributed by atoms with E-state index in [4.69, 9.17) is 0 Å². The molecule has 20 heavy (non-hydrogen) atoms. The fourth-order valence-corrected chi connectivity index (χ4v) is 2.72. The molecule has 8 heteroatoms. The van der Waals surface area contributed by atoms with Gasteiger partial charge in [-0.3, -0.25) is 0 Å². The quantitative estimate of drug-likeness (QED) is 0.857. The number of halogens is 3. The minimum Gasteiger partial charge on any atom is -0.371 e. The van der Waals surface area contributed by atoms with Crippen LogP contribution < -0.4 is 4.90 Å². The summed E-state index contributed by atoms with van der Waals surface area (Å²) in [5.74, 6) is -0.174. The van der Waals surface area contributed by atoms with Crippen LogP contribution >= 0.6 is 0 Å². The predicted octanol–water partition coefficient (Wildman–Crippen LogP) is 1.82. The SMILES string of the molecule is O=C1N(c2cc(C(F)(F)F)ccn2)C(O)[C@H]2CCCN12. The molecule has 108 valence electrons. The number of aliphatic hydroxyl groups excluding tert-OH is 1. The summed E-state index contributed by atoms with van der Waals surface area (Å²) in [6.45, 7) is 0.510. The Kier molecular flexibility index (Phi) is 2.86. The van der Waals surface area contributed by atoms with Crippen LogP contribution in [-0.4, -0.2) is 39.8 Å². The molecule has 5 nitrogen and oxygen atoms in total. The first-order valence-electron chi connectivity index (χ1n) is 6.21. The fourth-order valence-electron chi connectivity index (χ4n) is 2.72. The maximum absolute atomic E-state index is 12.7. The Labute approximate surface area is 112 Å². The first-order chi connectivity index (χ1) is 9.39. The molecular weight excluding hydrogens is 275 g/mol. The van der Waals surface area contributed by atoms with Gasteiger partial charge in [0.1, 0.15) is 5.82 Å². The maximum atomic E-state index is 12.7. The minimum atomic E-state index is -4.51. The molecule has 1 aromatic rings. The van der Waals surface area contributed by atoms with E-state index in [1.165, 1.54) is 4.90 Å². The van der Waals surface area contributed by atoms with Crippen molar-refractivity contribution in [2.24, 2.45) is 0 Å². The number of aliphatic hydroxyl groups is 1. The highest BCUT2D eigenvalue weighted by Gasteiger charge is 2.48. The Morgan fingerprint density at radius 3 is 2.80 bits per heavy atom. The Morgan fingerprint density at radius 1 is 1.40 bits per heavy atom. The number of carbonyl (C=O) groups is 1. The molecule has 1 N–H and O–H groups in total. The van der Waals surface area contributed by atoms with Gasteiger partial charge in [0, 0.05) is 12.7 Å². The molecular formula is C12H12F3N3O2. The highest BCUT2D eigenvalue weighted by Crippen LogP contribution is 2.35. The summed E-state index contributed by atoms with van der Waals surface area (Å²) in [6, 6.07) is 0.756. The van der Waals surface area contributed by atoms with Crippen LogP contribution in [0.3, 0.4) is 0 Å². The molecule has 1 aromatic heterocycles. The third kappa shape index (κ3) is 1.91. The van der Waals surface area contributed by atoms with E-state index in [0.717, 1.165) is 29.7 Å². The summed E-state index contributed by atoms with van der Waals surface area (Å²) >= 11 is 0. The van der Waals surface area contributed by atoms with E-state index >= 15 is 0 Å². The van der Waals surface area contributed by atoms with Crippen LogP contribution in [0.4, 0.5) is 23.8 Å². The summed E-state index contributed by atoms with van der Waals surface area (Å²) < 4.78 is 38.0. The number of fused-ring (bicyclic) bond motifs is 1. The van der Waals surface area contributed by atoms with E-state index in [0.29, 0.717) is 13.0 Å². The number of nitrogens with zero attached hydrogens (tertiary/aromatic N) is 3. The average molecular weight is 287 g/mol. The Morgan fingerprint density at radius 2 is 2.15 bits per heavy atom. The number of hydrogen-bond acceptors (Lipinski definition) is 3. The summed E-state index contributed by atoms with van der Waals surface area (Å²) in [6.07, 6.45) is -3.25. The monoisotopic (exact) mass is 287 g/mol. The van der Waals surface area contributed by atoms with Gasteiger partial charge >= 0.3 is 12.2 Å². The van der Waals surface area contributed by atoms with Crippen molar-refractivity contribution < 1.29 is 23.1 Å². The summed E-state index contributed by atoms with van der Waals surface area (Å²) in [5.41, 5.74) is -0.894. The van der Waals surface area contributed by atoms with Gasteiger partial charge in [-0.25, -0.2) is 14.7 Å². The van der Waals surface area contributed by atoms with E-state index in [1.807, 2.05) is 0 Å². The molecule has 0 aliphatic carbocycles. The smallest absolute Gasteiger partial charge is 0.371 e. The molecule has 1 unspecified atom stereocenters. The lowest BCUT2D eigenvalue weighted by Crippen LogP contribution is -2.37. The van der Waals surface area contributed by atoms with Gasteiger partial charge in [0.2, 0.25) is 0 Å². The topological polar surface area (TPSA) is 56.7 Å². The number of pyridine rings is 1. The van der Waals surface area contributed by atoms with Crippen molar-refractivity contribution in [2.45, 2.75) is 31.3 Å². The molecule has 2 aliphatic rings. The van der Waals surface area contributed by atoms with Crippen LogP contribution in [0.1, 0.15) is 18.4 Å². The Balaban J connectivity index is 1.95. The lowest BCUT2D eigenvalue weighted by Gasteiger charge is -2.20. The number of amides is 2.